The van der Waals surface area contributed by atoms with Crippen molar-refractivity contribution < 1.29 is 42.1 Å². The number of unbranched alkanes of at least 4 members (excludes halogenated alkanes) is 67. The normalized spacial score (nSPS) is 12.9. The van der Waals surface area contributed by atoms with E-state index in [1.165, 1.54) is 411 Å². The summed E-state index contributed by atoms with van der Waals surface area (Å²) >= 11 is 0. The van der Waals surface area contributed by atoms with Crippen molar-refractivity contribution in [1.82, 2.24) is 0 Å². The predicted molar refractivity (Wildman–Crippen MR) is 416 cm³/mol. The number of phosphoric acid groups is 1. The van der Waals surface area contributed by atoms with Crippen molar-refractivity contribution in [2.24, 2.45) is 0 Å². The Hall–Kier alpha value is -1.25. The molecule has 0 aliphatic rings. The van der Waals surface area contributed by atoms with E-state index in [1.807, 2.05) is 21.1 Å². The number of rotatable bonds is 83. The average Bonchev–Trinajstić information content (AvgIpc) is 2.72. The second-order valence-electron chi connectivity index (χ2n) is 31.3. The summed E-state index contributed by atoms with van der Waals surface area (Å²) in [6.07, 6.45) is 99.5. The lowest BCUT2D eigenvalue weighted by molar-refractivity contribution is -0.870. The first-order chi connectivity index (χ1) is 47.0. The lowest BCUT2D eigenvalue weighted by Gasteiger charge is -2.28. The monoisotopic (exact) mass is 1380 g/mol. The SMILES string of the molecule is CCCCCCCCCC/C=C\CCCCCCCCCCCCCCCCCCCCCCCCCCCC(=O)OC(COC(=O)CCCCCCCCCCCCCCCCCCCCCCCCCCCCCCCCCCCCC)COP(=O)([O-])OCC[N+](C)(C)C. The van der Waals surface area contributed by atoms with Crippen molar-refractivity contribution in [3.63, 3.8) is 0 Å². The fourth-order valence-electron chi connectivity index (χ4n) is 13.7. The van der Waals surface area contributed by atoms with Gasteiger partial charge in [0.15, 0.2) is 6.10 Å². The number of phosphoric ester groups is 1. The molecule has 0 N–H and O–H groups in total. The van der Waals surface area contributed by atoms with E-state index in [2.05, 4.69) is 26.0 Å². The molecule has 0 rings (SSSR count). The highest BCUT2D eigenvalue weighted by atomic mass is 31.2. The number of hydrogen-bond donors (Lipinski definition) is 0. The molecule has 9 nitrogen and oxygen atoms in total. The molecule has 572 valence electrons. The molecule has 0 heterocycles. The quantitative estimate of drug-likeness (QED) is 0.0195. The molecular formula is C86H170NO8P. The summed E-state index contributed by atoms with van der Waals surface area (Å²) in [6.45, 7) is 4.35. The Morgan fingerprint density at radius 2 is 0.531 bits per heavy atom. The first-order valence-corrected chi connectivity index (χ1v) is 44.9. The summed E-state index contributed by atoms with van der Waals surface area (Å²) < 4.78 is 34.5. The van der Waals surface area contributed by atoms with E-state index in [0.717, 1.165) is 32.1 Å². The molecule has 0 aliphatic carbocycles. The Kier molecular flexibility index (Phi) is 76.9. The number of hydrogen-bond acceptors (Lipinski definition) is 8. The van der Waals surface area contributed by atoms with Crippen LogP contribution in [0.3, 0.4) is 0 Å². The Bertz CT molecular complexity index is 1620. The molecule has 0 aliphatic heterocycles. The fourth-order valence-corrected chi connectivity index (χ4v) is 14.4. The molecule has 0 spiro atoms. The first kappa shape index (κ1) is 94.8. The van der Waals surface area contributed by atoms with E-state index < -0.39 is 26.5 Å². The van der Waals surface area contributed by atoms with E-state index in [-0.39, 0.29) is 32.0 Å². The van der Waals surface area contributed by atoms with Gasteiger partial charge < -0.3 is 27.9 Å². The van der Waals surface area contributed by atoms with Gasteiger partial charge in [0.25, 0.3) is 7.82 Å². The number of allylic oxidation sites excluding steroid dienone is 2. The van der Waals surface area contributed by atoms with Crippen molar-refractivity contribution >= 4 is 19.8 Å². The van der Waals surface area contributed by atoms with Gasteiger partial charge in [0.1, 0.15) is 19.8 Å². The number of ether oxygens (including phenoxy) is 2. The third-order valence-electron chi connectivity index (χ3n) is 20.3. The minimum absolute atomic E-state index is 0.0253. The molecule has 2 atom stereocenters. The number of carbonyl (C=O) groups is 2. The van der Waals surface area contributed by atoms with E-state index >= 15 is 0 Å². The summed E-state index contributed by atoms with van der Waals surface area (Å²) in [5, 5.41) is 0. The molecule has 0 saturated heterocycles. The van der Waals surface area contributed by atoms with E-state index in [9.17, 15) is 19.0 Å². The van der Waals surface area contributed by atoms with Crippen LogP contribution >= 0.6 is 7.82 Å². The van der Waals surface area contributed by atoms with Crippen molar-refractivity contribution in [2.45, 2.75) is 482 Å². The van der Waals surface area contributed by atoms with E-state index in [0.29, 0.717) is 17.4 Å². The number of likely N-dealkylation sites (N-methyl/N-ethyl adjacent to an activating group) is 1. The highest BCUT2D eigenvalue weighted by Crippen LogP contribution is 2.38. The second-order valence-corrected chi connectivity index (χ2v) is 32.7. The zero-order valence-electron chi connectivity index (χ0n) is 65.6. The minimum Gasteiger partial charge on any atom is -0.756 e. The van der Waals surface area contributed by atoms with Crippen molar-refractivity contribution in [3.8, 4) is 0 Å². The van der Waals surface area contributed by atoms with Crippen LogP contribution in [0.4, 0.5) is 0 Å². The number of nitrogens with zero attached hydrogens (tertiary/aromatic N) is 1. The molecule has 0 aromatic rings. The maximum absolute atomic E-state index is 12.9. The molecule has 2 unspecified atom stereocenters. The van der Waals surface area contributed by atoms with Crippen molar-refractivity contribution in [1.29, 1.82) is 0 Å². The maximum Gasteiger partial charge on any atom is 0.306 e. The zero-order valence-corrected chi connectivity index (χ0v) is 66.5. The Labute approximate surface area is 600 Å². The molecule has 10 heteroatoms. The molecule has 96 heavy (non-hydrogen) atoms. The highest BCUT2D eigenvalue weighted by Gasteiger charge is 2.22. The van der Waals surface area contributed by atoms with E-state index in [1.54, 1.807) is 0 Å². The minimum atomic E-state index is -4.64. The molecule has 0 radical (unpaired) electrons. The Morgan fingerprint density at radius 3 is 0.771 bits per heavy atom. The lowest BCUT2D eigenvalue weighted by Crippen LogP contribution is -2.37. The largest absolute Gasteiger partial charge is 0.756 e. The van der Waals surface area contributed by atoms with Crippen LogP contribution in [0, 0.1) is 0 Å². The fraction of sp³-hybridized carbons (Fsp3) is 0.953. The van der Waals surface area contributed by atoms with Gasteiger partial charge in [0, 0.05) is 12.8 Å². The van der Waals surface area contributed by atoms with Gasteiger partial charge in [-0.2, -0.15) is 0 Å². The third kappa shape index (κ3) is 81.7. The van der Waals surface area contributed by atoms with Crippen LogP contribution in [0.1, 0.15) is 476 Å². The molecular weight excluding hydrogens is 1210 g/mol. The lowest BCUT2D eigenvalue weighted by atomic mass is 10.0. The summed E-state index contributed by atoms with van der Waals surface area (Å²) in [6, 6.07) is 0. The predicted octanol–water partition coefficient (Wildman–Crippen LogP) is 28.3. The van der Waals surface area contributed by atoms with Crippen molar-refractivity contribution in [2.75, 3.05) is 47.5 Å². The average molecular weight is 1380 g/mol. The van der Waals surface area contributed by atoms with Gasteiger partial charge >= 0.3 is 11.9 Å². The standard InChI is InChI=1S/C86H170NO8P/c1-6-8-10-12-14-16-18-20-22-24-26-28-30-32-34-36-38-40-42-43-45-47-49-51-53-55-57-59-61-63-65-67-69-71-73-75-77-79-86(89)95-84(83-94-96(90,91)93-81-80-87(3,4)5)82-92-85(88)78-76-74-72-70-68-66-64-62-60-58-56-54-52-50-48-46-44-41-39-37-35-33-31-29-27-25-23-21-19-17-15-13-11-9-7-2/h24,26,84H,6-23,25,27-83H2,1-5H3/b26-24-. The summed E-state index contributed by atoms with van der Waals surface area (Å²) in [4.78, 5) is 38.2. The van der Waals surface area contributed by atoms with Crippen LogP contribution in [0.15, 0.2) is 12.2 Å². The topological polar surface area (TPSA) is 111 Å². The first-order valence-electron chi connectivity index (χ1n) is 43.4. The van der Waals surface area contributed by atoms with Crippen LogP contribution in [-0.2, 0) is 32.7 Å². The number of esters is 2. The summed E-state index contributed by atoms with van der Waals surface area (Å²) in [7, 11) is 1.20. The summed E-state index contributed by atoms with van der Waals surface area (Å²) in [5.74, 6) is -0.800. The molecule has 0 aromatic heterocycles. The van der Waals surface area contributed by atoms with E-state index in [4.69, 9.17) is 18.5 Å². The van der Waals surface area contributed by atoms with Gasteiger partial charge in [-0.3, -0.25) is 14.2 Å². The van der Waals surface area contributed by atoms with Gasteiger partial charge in [-0.1, -0.05) is 437 Å². The zero-order chi connectivity index (χ0) is 69.7. The maximum atomic E-state index is 12.9. The molecule has 0 aromatic carbocycles. The number of quaternary nitrogens is 1. The smallest absolute Gasteiger partial charge is 0.306 e. The van der Waals surface area contributed by atoms with Gasteiger partial charge in [0.2, 0.25) is 0 Å². The van der Waals surface area contributed by atoms with Crippen molar-refractivity contribution in [3.05, 3.63) is 12.2 Å². The van der Waals surface area contributed by atoms with Crippen LogP contribution in [0.5, 0.6) is 0 Å². The van der Waals surface area contributed by atoms with Gasteiger partial charge in [0.05, 0.1) is 27.7 Å². The second kappa shape index (κ2) is 77.9. The number of carbonyl (C=O) groups excluding carboxylic acids is 2. The highest BCUT2D eigenvalue weighted by molar-refractivity contribution is 7.45. The van der Waals surface area contributed by atoms with Gasteiger partial charge in [-0.25, -0.2) is 0 Å². The molecule has 0 saturated carbocycles. The van der Waals surface area contributed by atoms with Gasteiger partial charge in [-0.05, 0) is 38.5 Å². The molecule has 0 bridgehead atoms. The van der Waals surface area contributed by atoms with Gasteiger partial charge in [-0.15, -0.1) is 0 Å². The summed E-state index contributed by atoms with van der Waals surface area (Å²) in [5.41, 5.74) is 0. The molecule has 0 amide bonds. The Morgan fingerprint density at radius 1 is 0.312 bits per heavy atom. The Balaban J connectivity index is 3.84. The van der Waals surface area contributed by atoms with Crippen LogP contribution in [0.2, 0.25) is 0 Å². The third-order valence-corrected chi connectivity index (χ3v) is 21.2. The van der Waals surface area contributed by atoms with Crippen LogP contribution in [0.25, 0.3) is 0 Å². The van der Waals surface area contributed by atoms with Crippen LogP contribution < -0.4 is 4.89 Å². The van der Waals surface area contributed by atoms with Crippen LogP contribution in [-0.4, -0.2) is 70.0 Å². The molecule has 0 fully saturated rings.